The largest absolute Gasteiger partial charge is 0.466 e. The van der Waals surface area contributed by atoms with Gasteiger partial charge in [-0.05, 0) is 64.2 Å². The van der Waals surface area contributed by atoms with E-state index >= 15 is 0 Å². The van der Waals surface area contributed by atoms with Crippen LogP contribution in [-0.2, 0) is 19.1 Å². The van der Waals surface area contributed by atoms with E-state index in [1.54, 1.807) is 0 Å². The molecule has 0 bridgehead atoms. The fourth-order valence-corrected chi connectivity index (χ4v) is 4.62. The second-order valence-corrected chi connectivity index (χ2v) is 11.0. The van der Waals surface area contributed by atoms with Crippen LogP contribution in [0.5, 0.6) is 0 Å². The van der Waals surface area contributed by atoms with Crippen molar-refractivity contribution in [3.8, 4) is 0 Å². The Morgan fingerprint density at radius 2 is 1.28 bits per heavy atom. The van der Waals surface area contributed by atoms with E-state index in [1.165, 1.54) is 44.9 Å². The van der Waals surface area contributed by atoms with Crippen molar-refractivity contribution in [1.29, 1.82) is 0 Å². The van der Waals surface area contributed by atoms with Crippen LogP contribution >= 0.6 is 0 Å². The summed E-state index contributed by atoms with van der Waals surface area (Å²) in [6, 6.07) is 0. The van der Waals surface area contributed by atoms with Gasteiger partial charge in [-0.2, -0.15) is 0 Å². The van der Waals surface area contributed by atoms with E-state index in [0.717, 1.165) is 89.9 Å². The molecule has 0 aliphatic rings. The number of rotatable bonds is 29. The molecular formula is C34H62O5. The molecular weight excluding hydrogens is 488 g/mol. The SMILES string of the molecule is C=CCC(CCCCCC)OC(=O)CCCCCOC(=O)CCCCCCCC=CCC(O)CCCCCC. The molecule has 39 heavy (non-hydrogen) atoms. The third-order valence-electron chi connectivity index (χ3n) is 7.11. The minimum absolute atomic E-state index is 0.0423. The molecule has 0 aromatic rings. The molecule has 0 rings (SSSR count). The van der Waals surface area contributed by atoms with Gasteiger partial charge in [0.2, 0.25) is 0 Å². The summed E-state index contributed by atoms with van der Waals surface area (Å²) in [6.07, 6.45) is 28.6. The van der Waals surface area contributed by atoms with Gasteiger partial charge in [-0.3, -0.25) is 9.59 Å². The molecule has 0 aliphatic heterocycles. The molecule has 5 heteroatoms. The van der Waals surface area contributed by atoms with Crippen molar-refractivity contribution in [2.24, 2.45) is 0 Å². The van der Waals surface area contributed by atoms with Crippen LogP contribution < -0.4 is 0 Å². The van der Waals surface area contributed by atoms with Gasteiger partial charge >= 0.3 is 11.9 Å². The van der Waals surface area contributed by atoms with E-state index in [0.29, 0.717) is 19.4 Å². The lowest BCUT2D eigenvalue weighted by Gasteiger charge is -2.16. The maximum Gasteiger partial charge on any atom is 0.306 e. The monoisotopic (exact) mass is 550 g/mol. The fraction of sp³-hybridized carbons (Fsp3) is 0.824. The zero-order valence-corrected chi connectivity index (χ0v) is 25.6. The second-order valence-electron chi connectivity index (χ2n) is 11.0. The first-order chi connectivity index (χ1) is 19.0. The summed E-state index contributed by atoms with van der Waals surface area (Å²) in [4.78, 5) is 24.1. The Kier molecular flexibility index (Phi) is 28.1. The first-order valence-corrected chi connectivity index (χ1v) is 16.3. The summed E-state index contributed by atoms with van der Waals surface area (Å²) in [7, 11) is 0. The standard InChI is InChI=1S/C34H62O5/c1-4-7-9-18-25-31(35)26-19-15-13-11-12-14-16-21-28-33(36)38-30-23-17-22-29-34(37)39-32(24-6-3)27-20-10-8-5-2/h6,15,19,31-32,35H,3-5,7-14,16-18,20-30H2,1-2H3. The molecule has 0 heterocycles. The quantitative estimate of drug-likeness (QED) is 0.0570. The van der Waals surface area contributed by atoms with Crippen molar-refractivity contribution < 1.29 is 24.2 Å². The van der Waals surface area contributed by atoms with E-state index in [9.17, 15) is 14.7 Å². The maximum atomic E-state index is 12.1. The molecule has 228 valence electrons. The van der Waals surface area contributed by atoms with Crippen molar-refractivity contribution in [1.82, 2.24) is 0 Å². The van der Waals surface area contributed by atoms with Crippen molar-refractivity contribution in [2.45, 2.75) is 174 Å². The number of allylic oxidation sites excluding steroid dienone is 1. The molecule has 0 aromatic heterocycles. The number of carbonyl (C=O) groups is 2. The Morgan fingerprint density at radius 3 is 1.97 bits per heavy atom. The summed E-state index contributed by atoms with van der Waals surface area (Å²) >= 11 is 0. The van der Waals surface area contributed by atoms with E-state index < -0.39 is 0 Å². The average Bonchev–Trinajstić information content (AvgIpc) is 2.92. The molecule has 0 aromatic carbocycles. The summed E-state index contributed by atoms with van der Waals surface area (Å²) in [5.41, 5.74) is 0. The number of unbranched alkanes of at least 4 members (excludes halogenated alkanes) is 13. The highest BCUT2D eigenvalue weighted by atomic mass is 16.5. The van der Waals surface area contributed by atoms with Crippen LogP contribution in [0, 0.1) is 0 Å². The number of hydrogen-bond donors (Lipinski definition) is 1. The minimum Gasteiger partial charge on any atom is -0.466 e. The first-order valence-electron chi connectivity index (χ1n) is 16.3. The van der Waals surface area contributed by atoms with E-state index in [-0.39, 0.29) is 24.1 Å². The zero-order chi connectivity index (χ0) is 28.8. The average molecular weight is 551 g/mol. The van der Waals surface area contributed by atoms with Gasteiger partial charge in [0.1, 0.15) is 6.10 Å². The molecule has 0 aliphatic carbocycles. The highest BCUT2D eigenvalue weighted by Crippen LogP contribution is 2.14. The van der Waals surface area contributed by atoms with Crippen molar-refractivity contribution in [2.75, 3.05) is 6.61 Å². The van der Waals surface area contributed by atoms with Gasteiger partial charge in [0, 0.05) is 19.3 Å². The number of hydrogen-bond acceptors (Lipinski definition) is 5. The molecule has 0 fully saturated rings. The lowest BCUT2D eigenvalue weighted by Crippen LogP contribution is -2.17. The van der Waals surface area contributed by atoms with Gasteiger partial charge < -0.3 is 14.6 Å². The maximum absolute atomic E-state index is 12.1. The van der Waals surface area contributed by atoms with Gasteiger partial charge in [0.15, 0.2) is 0 Å². The van der Waals surface area contributed by atoms with Gasteiger partial charge in [-0.15, -0.1) is 6.58 Å². The summed E-state index contributed by atoms with van der Waals surface area (Å²) in [6.45, 7) is 8.61. The lowest BCUT2D eigenvalue weighted by atomic mass is 10.1. The number of esters is 2. The Labute approximate surface area is 241 Å². The summed E-state index contributed by atoms with van der Waals surface area (Å²) in [5, 5.41) is 9.97. The topological polar surface area (TPSA) is 72.8 Å². The van der Waals surface area contributed by atoms with Gasteiger partial charge in [0.25, 0.3) is 0 Å². The first kappa shape index (κ1) is 37.4. The van der Waals surface area contributed by atoms with Crippen LogP contribution in [0.1, 0.15) is 162 Å². The van der Waals surface area contributed by atoms with Gasteiger partial charge in [-0.25, -0.2) is 0 Å². The second kappa shape index (κ2) is 29.4. The van der Waals surface area contributed by atoms with Crippen LogP contribution in [0.2, 0.25) is 0 Å². The molecule has 1 N–H and O–H groups in total. The summed E-state index contributed by atoms with van der Waals surface area (Å²) < 4.78 is 11.0. The van der Waals surface area contributed by atoms with Gasteiger partial charge in [0.05, 0.1) is 12.7 Å². The highest BCUT2D eigenvalue weighted by molar-refractivity contribution is 5.69. The number of carbonyl (C=O) groups excluding carboxylic acids is 2. The van der Waals surface area contributed by atoms with E-state index in [1.807, 2.05) is 6.08 Å². The predicted octanol–water partition coefficient (Wildman–Crippen LogP) is 9.56. The molecule has 0 radical (unpaired) electrons. The Bertz CT molecular complexity index is 600. The van der Waals surface area contributed by atoms with Crippen LogP contribution in [0.15, 0.2) is 24.8 Å². The van der Waals surface area contributed by atoms with Gasteiger partial charge in [-0.1, -0.05) is 96.3 Å². The third kappa shape index (κ3) is 27.7. The number of ether oxygens (including phenoxy) is 2. The van der Waals surface area contributed by atoms with Crippen molar-refractivity contribution >= 4 is 11.9 Å². The molecule has 0 saturated heterocycles. The molecule has 2 atom stereocenters. The Hall–Kier alpha value is -1.62. The predicted molar refractivity (Wildman–Crippen MR) is 164 cm³/mol. The van der Waals surface area contributed by atoms with Crippen LogP contribution in [0.25, 0.3) is 0 Å². The molecule has 0 spiro atoms. The van der Waals surface area contributed by atoms with Crippen LogP contribution in [0.4, 0.5) is 0 Å². The zero-order valence-electron chi connectivity index (χ0n) is 25.6. The molecule has 5 nitrogen and oxygen atoms in total. The normalized spacial score (nSPS) is 12.9. The third-order valence-corrected chi connectivity index (χ3v) is 7.11. The molecule has 0 amide bonds. The highest BCUT2D eigenvalue weighted by Gasteiger charge is 2.13. The van der Waals surface area contributed by atoms with Crippen LogP contribution in [0.3, 0.4) is 0 Å². The Morgan fingerprint density at radius 1 is 0.692 bits per heavy atom. The molecule has 0 saturated carbocycles. The summed E-state index contributed by atoms with van der Waals surface area (Å²) in [5.74, 6) is -0.238. The van der Waals surface area contributed by atoms with Crippen molar-refractivity contribution in [3.05, 3.63) is 24.8 Å². The van der Waals surface area contributed by atoms with Crippen LogP contribution in [-0.4, -0.2) is 35.9 Å². The molecule has 2 unspecified atom stereocenters. The fourth-order valence-electron chi connectivity index (χ4n) is 4.62. The number of aliphatic hydroxyl groups is 1. The van der Waals surface area contributed by atoms with Crippen molar-refractivity contribution in [3.63, 3.8) is 0 Å². The minimum atomic E-state index is -0.188. The lowest BCUT2D eigenvalue weighted by molar-refractivity contribution is -0.149. The van der Waals surface area contributed by atoms with E-state index in [2.05, 4.69) is 32.6 Å². The Balaban J connectivity index is 3.57. The smallest absolute Gasteiger partial charge is 0.306 e. The van der Waals surface area contributed by atoms with E-state index in [4.69, 9.17) is 9.47 Å². The number of aliphatic hydroxyl groups excluding tert-OH is 1.